The Morgan fingerprint density at radius 2 is 2.22 bits per heavy atom. The van der Waals surface area contributed by atoms with E-state index in [0.29, 0.717) is 5.92 Å². The first-order valence-corrected chi connectivity index (χ1v) is 7.05. The van der Waals surface area contributed by atoms with Crippen molar-refractivity contribution >= 4 is 0 Å². The van der Waals surface area contributed by atoms with Crippen LogP contribution in [-0.2, 0) is 17.8 Å². The molecule has 0 aromatic carbocycles. The van der Waals surface area contributed by atoms with Crippen LogP contribution in [0.4, 0.5) is 0 Å². The van der Waals surface area contributed by atoms with Gasteiger partial charge in [0, 0.05) is 32.5 Å². The topological polar surface area (TPSA) is 39.1 Å². The van der Waals surface area contributed by atoms with Gasteiger partial charge < -0.3 is 10.1 Å². The van der Waals surface area contributed by atoms with Gasteiger partial charge >= 0.3 is 0 Å². The Balaban J connectivity index is 1.82. The summed E-state index contributed by atoms with van der Waals surface area (Å²) in [4.78, 5) is 0. The third-order valence-electron chi connectivity index (χ3n) is 3.44. The van der Waals surface area contributed by atoms with Crippen LogP contribution in [0, 0.1) is 11.8 Å². The standard InChI is InChI=1S/C14H25N3O/c1-12(2)9-15-10-14-3-6-16-17(14)11-13-4-7-18-8-5-13/h3,6,12-13,15H,4-5,7-11H2,1-2H3. The van der Waals surface area contributed by atoms with Gasteiger partial charge in [0.15, 0.2) is 0 Å². The molecule has 1 N–H and O–H groups in total. The van der Waals surface area contributed by atoms with E-state index in [9.17, 15) is 0 Å². The molecule has 102 valence electrons. The largest absolute Gasteiger partial charge is 0.381 e. The molecule has 0 aliphatic carbocycles. The number of ether oxygens (including phenoxy) is 1. The minimum atomic E-state index is 0.692. The number of hydrogen-bond acceptors (Lipinski definition) is 3. The number of nitrogens with one attached hydrogen (secondary N) is 1. The summed E-state index contributed by atoms with van der Waals surface area (Å²) in [6.07, 6.45) is 4.24. The van der Waals surface area contributed by atoms with Crippen LogP contribution in [0.15, 0.2) is 12.3 Å². The summed E-state index contributed by atoms with van der Waals surface area (Å²) in [6.45, 7) is 9.29. The van der Waals surface area contributed by atoms with Crippen molar-refractivity contribution in [3.63, 3.8) is 0 Å². The summed E-state index contributed by atoms with van der Waals surface area (Å²) in [6, 6.07) is 2.12. The van der Waals surface area contributed by atoms with Gasteiger partial charge in [-0.2, -0.15) is 5.10 Å². The minimum absolute atomic E-state index is 0.692. The van der Waals surface area contributed by atoms with Gasteiger partial charge in [0.05, 0.1) is 5.69 Å². The van der Waals surface area contributed by atoms with Crippen molar-refractivity contribution in [1.82, 2.24) is 15.1 Å². The Labute approximate surface area is 110 Å². The van der Waals surface area contributed by atoms with E-state index in [4.69, 9.17) is 4.74 Å². The first kappa shape index (κ1) is 13.6. The lowest BCUT2D eigenvalue weighted by Gasteiger charge is -2.22. The molecule has 0 bridgehead atoms. The van der Waals surface area contributed by atoms with Crippen LogP contribution in [0.1, 0.15) is 32.4 Å². The Morgan fingerprint density at radius 1 is 1.44 bits per heavy atom. The summed E-state index contributed by atoms with van der Waals surface area (Å²) < 4.78 is 7.55. The molecule has 0 saturated carbocycles. The van der Waals surface area contributed by atoms with Gasteiger partial charge in [0.25, 0.3) is 0 Å². The maximum Gasteiger partial charge on any atom is 0.0522 e. The van der Waals surface area contributed by atoms with Crippen LogP contribution in [0.5, 0.6) is 0 Å². The maximum atomic E-state index is 5.40. The fraction of sp³-hybridized carbons (Fsp3) is 0.786. The molecule has 2 rings (SSSR count). The first-order chi connectivity index (χ1) is 8.75. The van der Waals surface area contributed by atoms with Crippen LogP contribution in [0.2, 0.25) is 0 Å². The predicted molar refractivity (Wildman–Crippen MR) is 72.3 cm³/mol. The average molecular weight is 251 g/mol. The molecule has 0 amide bonds. The second-order valence-electron chi connectivity index (χ2n) is 5.59. The summed E-state index contributed by atoms with van der Waals surface area (Å²) in [5, 5.41) is 7.92. The molecular weight excluding hydrogens is 226 g/mol. The lowest BCUT2D eigenvalue weighted by atomic mass is 10.0. The molecule has 1 fully saturated rings. The molecule has 1 aromatic rings. The summed E-state index contributed by atoms with van der Waals surface area (Å²) in [7, 11) is 0. The van der Waals surface area contributed by atoms with Crippen LogP contribution in [-0.4, -0.2) is 29.5 Å². The SMILES string of the molecule is CC(C)CNCc1ccnn1CC1CCOCC1. The molecule has 4 heteroatoms. The monoisotopic (exact) mass is 251 g/mol. The number of rotatable bonds is 6. The molecule has 4 nitrogen and oxygen atoms in total. The average Bonchev–Trinajstić information content (AvgIpc) is 2.78. The van der Waals surface area contributed by atoms with Gasteiger partial charge in [-0.25, -0.2) is 0 Å². The normalized spacial score (nSPS) is 17.5. The first-order valence-electron chi connectivity index (χ1n) is 7.05. The Kier molecular flexibility index (Phi) is 5.20. The molecule has 1 saturated heterocycles. The van der Waals surface area contributed by atoms with Gasteiger partial charge in [-0.3, -0.25) is 4.68 Å². The number of nitrogens with zero attached hydrogens (tertiary/aromatic N) is 2. The molecular formula is C14H25N3O. The van der Waals surface area contributed by atoms with E-state index in [0.717, 1.165) is 38.8 Å². The molecule has 1 aromatic heterocycles. The number of aromatic nitrogens is 2. The fourth-order valence-corrected chi connectivity index (χ4v) is 2.34. The molecule has 18 heavy (non-hydrogen) atoms. The highest BCUT2D eigenvalue weighted by Crippen LogP contribution is 2.17. The van der Waals surface area contributed by atoms with E-state index in [2.05, 4.69) is 35.0 Å². The lowest BCUT2D eigenvalue weighted by Crippen LogP contribution is -2.24. The van der Waals surface area contributed by atoms with E-state index < -0.39 is 0 Å². The zero-order chi connectivity index (χ0) is 12.8. The highest BCUT2D eigenvalue weighted by atomic mass is 16.5. The minimum Gasteiger partial charge on any atom is -0.381 e. The van der Waals surface area contributed by atoms with E-state index in [1.165, 1.54) is 18.5 Å². The second kappa shape index (κ2) is 6.90. The zero-order valence-corrected chi connectivity index (χ0v) is 11.6. The van der Waals surface area contributed by atoms with Gasteiger partial charge in [-0.15, -0.1) is 0 Å². The maximum absolute atomic E-state index is 5.40. The Hall–Kier alpha value is -0.870. The molecule has 0 spiro atoms. The zero-order valence-electron chi connectivity index (χ0n) is 11.6. The highest BCUT2D eigenvalue weighted by molar-refractivity contribution is 5.00. The number of hydrogen-bond donors (Lipinski definition) is 1. The highest BCUT2D eigenvalue weighted by Gasteiger charge is 2.15. The third kappa shape index (κ3) is 4.10. The summed E-state index contributed by atoms with van der Waals surface area (Å²) >= 11 is 0. The second-order valence-corrected chi connectivity index (χ2v) is 5.59. The molecule has 1 aliphatic rings. The van der Waals surface area contributed by atoms with Gasteiger partial charge in [0.2, 0.25) is 0 Å². The smallest absolute Gasteiger partial charge is 0.0522 e. The summed E-state index contributed by atoms with van der Waals surface area (Å²) in [5.41, 5.74) is 1.29. The van der Waals surface area contributed by atoms with Gasteiger partial charge in [-0.05, 0) is 37.3 Å². The Morgan fingerprint density at radius 3 is 2.94 bits per heavy atom. The van der Waals surface area contributed by atoms with Crippen molar-refractivity contribution in [3.05, 3.63) is 18.0 Å². The van der Waals surface area contributed by atoms with Crippen LogP contribution in [0.25, 0.3) is 0 Å². The van der Waals surface area contributed by atoms with Crippen molar-refractivity contribution in [2.75, 3.05) is 19.8 Å². The summed E-state index contributed by atoms with van der Waals surface area (Å²) in [5.74, 6) is 1.42. The quantitative estimate of drug-likeness (QED) is 0.841. The molecule has 2 heterocycles. The van der Waals surface area contributed by atoms with Crippen LogP contribution in [0.3, 0.4) is 0 Å². The lowest BCUT2D eigenvalue weighted by molar-refractivity contribution is 0.0598. The third-order valence-corrected chi connectivity index (χ3v) is 3.44. The van der Waals surface area contributed by atoms with Crippen molar-refractivity contribution in [2.24, 2.45) is 11.8 Å². The molecule has 0 unspecified atom stereocenters. The van der Waals surface area contributed by atoms with Crippen molar-refractivity contribution in [3.8, 4) is 0 Å². The molecule has 1 aliphatic heterocycles. The van der Waals surface area contributed by atoms with E-state index in [1.807, 2.05) is 6.20 Å². The molecule has 0 atom stereocenters. The molecule has 0 radical (unpaired) electrons. The van der Waals surface area contributed by atoms with Gasteiger partial charge in [-0.1, -0.05) is 13.8 Å². The Bertz CT molecular complexity index is 343. The van der Waals surface area contributed by atoms with E-state index in [-0.39, 0.29) is 0 Å². The van der Waals surface area contributed by atoms with E-state index in [1.54, 1.807) is 0 Å². The van der Waals surface area contributed by atoms with E-state index >= 15 is 0 Å². The fourth-order valence-electron chi connectivity index (χ4n) is 2.34. The van der Waals surface area contributed by atoms with Crippen molar-refractivity contribution < 1.29 is 4.74 Å². The van der Waals surface area contributed by atoms with Crippen molar-refractivity contribution in [1.29, 1.82) is 0 Å². The van der Waals surface area contributed by atoms with Gasteiger partial charge in [0.1, 0.15) is 0 Å². The van der Waals surface area contributed by atoms with Crippen LogP contribution < -0.4 is 5.32 Å². The van der Waals surface area contributed by atoms with Crippen LogP contribution >= 0.6 is 0 Å². The van der Waals surface area contributed by atoms with Crippen molar-refractivity contribution in [2.45, 2.75) is 39.8 Å². The predicted octanol–water partition coefficient (Wildman–Crippen LogP) is 2.06.